The molecule has 0 radical (unpaired) electrons. The predicted molar refractivity (Wildman–Crippen MR) is 72.8 cm³/mol. The van der Waals surface area contributed by atoms with Crippen molar-refractivity contribution in [3.05, 3.63) is 35.1 Å². The van der Waals surface area contributed by atoms with Gasteiger partial charge in [-0.2, -0.15) is 5.26 Å². The van der Waals surface area contributed by atoms with Gasteiger partial charge in [0.25, 0.3) is 0 Å². The Morgan fingerprint density at radius 3 is 2.95 bits per heavy atom. The number of benzene rings is 1. The molecular formula is C15H20FN3. The lowest BCUT2D eigenvalue weighted by Crippen LogP contribution is -2.46. The molecule has 0 amide bonds. The van der Waals surface area contributed by atoms with Gasteiger partial charge in [-0.05, 0) is 42.6 Å². The summed E-state index contributed by atoms with van der Waals surface area (Å²) in [5, 5.41) is 8.86. The molecule has 0 spiro atoms. The summed E-state index contributed by atoms with van der Waals surface area (Å²) in [5.74, 6) is 0.174. The van der Waals surface area contributed by atoms with Crippen LogP contribution in [0.25, 0.3) is 0 Å². The fraction of sp³-hybridized carbons (Fsp3) is 0.533. The van der Waals surface area contributed by atoms with E-state index < -0.39 is 0 Å². The summed E-state index contributed by atoms with van der Waals surface area (Å²) in [6.07, 6.45) is 2.06. The van der Waals surface area contributed by atoms with Crippen molar-refractivity contribution >= 4 is 0 Å². The van der Waals surface area contributed by atoms with Gasteiger partial charge < -0.3 is 5.73 Å². The van der Waals surface area contributed by atoms with Crippen LogP contribution in [0.5, 0.6) is 0 Å². The van der Waals surface area contributed by atoms with Gasteiger partial charge in [0, 0.05) is 19.1 Å². The summed E-state index contributed by atoms with van der Waals surface area (Å²) in [4.78, 5) is 2.30. The molecule has 1 aliphatic heterocycles. The number of hydrogen-bond donors (Lipinski definition) is 1. The number of nitrogens with two attached hydrogens (primary N) is 1. The molecule has 1 aromatic rings. The smallest absolute Gasteiger partial charge is 0.124 e. The van der Waals surface area contributed by atoms with E-state index in [1.807, 2.05) is 6.07 Å². The Labute approximate surface area is 113 Å². The zero-order valence-corrected chi connectivity index (χ0v) is 11.3. The number of hydrogen-bond acceptors (Lipinski definition) is 3. The van der Waals surface area contributed by atoms with Crippen LogP contribution in [-0.4, -0.2) is 24.0 Å². The first-order valence-electron chi connectivity index (χ1n) is 6.80. The van der Waals surface area contributed by atoms with Gasteiger partial charge >= 0.3 is 0 Å². The van der Waals surface area contributed by atoms with Gasteiger partial charge in [0.05, 0.1) is 11.6 Å². The Morgan fingerprint density at radius 1 is 1.47 bits per heavy atom. The highest BCUT2D eigenvalue weighted by Gasteiger charge is 2.25. The largest absolute Gasteiger partial charge is 0.327 e. The molecule has 1 heterocycles. The van der Waals surface area contributed by atoms with E-state index in [0.717, 1.165) is 31.5 Å². The predicted octanol–water partition coefficient (Wildman–Crippen LogP) is 2.26. The van der Waals surface area contributed by atoms with Gasteiger partial charge in [-0.15, -0.1) is 0 Å². The molecule has 1 aromatic carbocycles. The summed E-state index contributed by atoms with van der Waals surface area (Å²) in [6, 6.07) is 6.82. The van der Waals surface area contributed by atoms with Gasteiger partial charge in [0.1, 0.15) is 5.82 Å². The normalized spacial score (nSPS) is 24.1. The van der Waals surface area contributed by atoms with Crippen molar-refractivity contribution in [2.45, 2.75) is 32.4 Å². The van der Waals surface area contributed by atoms with E-state index in [1.165, 1.54) is 12.1 Å². The van der Waals surface area contributed by atoms with Crippen molar-refractivity contribution in [3.8, 4) is 6.07 Å². The van der Waals surface area contributed by atoms with E-state index in [1.54, 1.807) is 6.07 Å². The molecule has 3 nitrogen and oxygen atoms in total. The average Bonchev–Trinajstić information content (AvgIpc) is 2.40. The van der Waals surface area contributed by atoms with E-state index >= 15 is 0 Å². The highest BCUT2D eigenvalue weighted by molar-refractivity contribution is 5.33. The Balaban J connectivity index is 2.05. The molecule has 0 aliphatic carbocycles. The first kappa shape index (κ1) is 14.0. The van der Waals surface area contributed by atoms with Gasteiger partial charge in [-0.1, -0.05) is 13.3 Å². The highest BCUT2D eigenvalue weighted by Crippen LogP contribution is 2.21. The van der Waals surface area contributed by atoms with Crippen LogP contribution in [0.4, 0.5) is 4.39 Å². The second-order valence-electron chi connectivity index (χ2n) is 5.32. The van der Waals surface area contributed by atoms with Gasteiger partial charge in [-0.3, -0.25) is 4.90 Å². The number of piperidine rings is 1. The van der Waals surface area contributed by atoms with Crippen LogP contribution in [0, 0.1) is 23.1 Å². The maximum absolute atomic E-state index is 13.4. The summed E-state index contributed by atoms with van der Waals surface area (Å²) in [7, 11) is 0. The maximum Gasteiger partial charge on any atom is 0.124 e. The van der Waals surface area contributed by atoms with Crippen molar-refractivity contribution in [2.24, 2.45) is 11.7 Å². The van der Waals surface area contributed by atoms with E-state index in [9.17, 15) is 4.39 Å². The summed E-state index contributed by atoms with van der Waals surface area (Å²) >= 11 is 0. The van der Waals surface area contributed by atoms with E-state index in [2.05, 4.69) is 11.8 Å². The van der Waals surface area contributed by atoms with Crippen LogP contribution in [0.15, 0.2) is 18.2 Å². The molecule has 0 aromatic heterocycles. The molecular weight excluding hydrogens is 241 g/mol. The van der Waals surface area contributed by atoms with Crippen LogP contribution < -0.4 is 5.73 Å². The van der Waals surface area contributed by atoms with Crippen LogP contribution >= 0.6 is 0 Å². The number of nitriles is 1. The van der Waals surface area contributed by atoms with E-state index in [-0.39, 0.29) is 11.9 Å². The van der Waals surface area contributed by atoms with Gasteiger partial charge in [0.15, 0.2) is 0 Å². The molecule has 1 aliphatic rings. The number of halogens is 1. The zero-order chi connectivity index (χ0) is 13.8. The number of nitrogens with zero attached hydrogens (tertiary/aromatic N) is 2. The van der Waals surface area contributed by atoms with E-state index in [4.69, 9.17) is 11.0 Å². The van der Waals surface area contributed by atoms with Crippen molar-refractivity contribution in [1.29, 1.82) is 5.26 Å². The van der Waals surface area contributed by atoms with Crippen LogP contribution in [0.2, 0.25) is 0 Å². The maximum atomic E-state index is 13.4. The van der Waals surface area contributed by atoms with Crippen molar-refractivity contribution in [2.75, 3.05) is 13.1 Å². The quantitative estimate of drug-likeness (QED) is 0.908. The van der Waals surface area contributed by atoms with Crippen LogP contribution in [-0.2, 0) is 6.54 Å². The minimum Gasteiger partial charge on any atom is -0.327 e. The monoisotopic (exact) mass is 261 g/mol. The Morgan fingerprint density at radius 2 is 2.26 bits per heavy atom. The fourth-order valence-electron chi connectivity index (χ4n) is 2.77. The number of rotatable bonds is 3. The zero-order valence-electron chi connectivity index (χ0n) is 11.3. The minimum atomic E-state index is -0.338. The highest BCUT2D eigenvalue weighted by atomic mass is 19.1. The molecule has 1 saturated heterocycles. The lowest BCUT2D eigenvalue weighted by molar-refractivity contribution is 0.145. The third-order valence-electron chi connectivity index (χ3n) is 3.89. The first-order chi connectivity index (χ1) is 9.12. The Hall–Kier alpha value is -1.44. The average molecular weight is 261 g/mol. The standard InChI is InChI=1S/C15H20FN3/c1-2-13-10-19(4-3-15(13)18)9-12-5-11(8-17)6-14(16)7-12/h5-7,13,15H,2-4,9-10,18H2,1H3. The van der Waals surface area contributed by atoms with Crippen molar-refractivity contribution < 1.29 is 4.39 Å². The summed E-state index contributed by atoms with van der Waals surface area (Å²) in [5.41, 5.74) is 7.33. The molecule has 19 heavy (non-hydrogen) atoms. The lowest BCUT2D eigenvalue weighted by Gasteiger charge is -2.36. The molecule has 2 atom stereocenters. The second-order valence-corrected chi connectivity index (χ2v) is 5.32. The summed E-state index contributed by atoms with van der Waals surface area (Å²) < 4.78 is 13.4. The molecule has 2 unspecified atom stereocenters. The van der Waals surface area contributed by atoms with Crippen molar-refractivity contribution in [3.63, 3.8) is 0 Å². The van der Waals surface area contributed by atoms with Crippen LogP contribution in [0.1, 0.15) is 30.9 Å². The van der Waals surface area contributed by atoms with Crippen molar-refractivity contribution in [1.82, 2.24) is 4.90 Å². The third kappa shape index (κ3) is 3.52. The first-order valence-corrected chi connectivity index (χ1v) is 6.80. The molecule has 2 rings (SSSR count). The van der Waals surface area contributed by atoms with Gasteiger partial charge in [0.2, 0.25) is 0 Å². The van der Waals surface area contributed by atoms with E-state index in [0.29, 0.717) is 18.0 Å². The second kappa shape index (κ2) is 6.14. The molecule has 1 fully saturated rings. The molecule has 4 heteroatoms. The molecule has 102 valence electrons. The topological polar surface area (TPSA) is 53.0 Å². The lowest BCUT2D eigenvalue weighted by atomic mass is 9.90. The molecule has 2 N–H and O–H groups in total. The Bertz CT molecular complexity index is 481. The fourth-order valence-corrected chi connectivity index (χ4v) is 2.77. The Kier molecular flexibility index (Phi) is 4.52. The minimum absolute atomic E-state index is 0.281. The summed E-state index contributed by atoms with van der Waals surface area (Å²) in [6.45, 7) is 4.74. The number of likely N-dealkylation sites (tertiary alicyclic amines) is 1. The van der Waals surface area contributed by atoms with Crippen LogP contribution in [0.3, 0.4) is 0 Å². The molecule has 0 saturated carbocycles. The molecule has 0 bridgehead atoms. The third-order valence-corrected chi connectivity index (χ3v) is 3.89. The SMILES string of the molecule is CCC1CN(Cc2cc(F)cc(C#N)c2)CCC1N. The van der Waals surface area contributed by atoms with Gasteiger partial charge in [-0.25, -0.2) is 4.39 Å².